The van der Waals surface area contributed by atoms with E-state index in [0.29, 0.717) is 50.8 Å². The lowest BCUT2D eigenvalue weighted by molar-refractivity contribution is -0.142. The number of ether oxygens (including phenoxy) is 6. The van der Waals surface area contributed by atoms with E-state index < -0.39 is 5.97 Å². The Morgan fingerprint density at radius 2 is 0.891 bits per heavy atom. The second kappa shape index (κ2) is 83.6. The van der Waals surface area contributed by atoms with Crippen molar-refractivity contribution in [1.29, 1.82) is 0 Å². The number of allylic oxidation sites excluding steroid dienone is 2. The number of ketones is 6. The van der Waals surface area contributed by atoms with E-state index in [-0.39, 0.29) is 108 Å². The average molecular weight is 1330 g/mol. The predicted octanol–water partition coefficient (Wildman–Crippen LogP) is 4.75. The van der Waals surface area contributed by atoms with Crippen molar-refractivity contribution in [2.75, 3.05) is 103 Å². The third-order valence-electron chi connectivity index (χ3n) is 9.80. The third-order valence-corrected chi connectivity index (χ3v) is 9.80. The van der Waals surface area contributed by atoms with Crippen LogP contribution in [0.2, 0.25) is 0 Å². The van der Waals surface area contributed by atoms with Gasteiger partial charge in [-0.25, -0.2) is 4.79 Å². The molecule has 0 aromatic carbocycles. The van der Waals surface area contributed by atoms with Crippen molar-refractivity contribution < 1.29 is 105 Å². The molecule has 0 saturated heterocycles. The highest BCUT2D eigenvalue weighted by molar-refractivity contribution is 5.96. The Labute approximate surface area is 549 Å². The first-order chi connectivity index (χ1) is 42.9. The van der Waals surface area contributed by atoms with Crippen molar-refractivity contribution in [1.82, 2.24) is 31.9 Å². The van der Waals surface area contributed by atoms with Gasteiger partial charge in [-0.2, -0.15) is 0 Å². The van der Waals surface area contributed by atoms with E-state index in [9.17, 15) is 71.9 Å². The molecule has 0 spiro atoms. The van der Waals surface area contributed by atoms with Gasteiger partial charge in [-0.3, -0.25) is 52.7 Å². The summed E-state index contributed by atoms with van der Waals surface area (Å²) < 4.78 is 26.7. The summed E-state index contributed by atoms with van der Waals surface area (Å²) in [7, 11) is 11.8. The van der Waals surface area contributed by atoms with Gasteiger partial charge in [0.25, 0.3) is 0 Å². The van der Waals surface area contributed by atoms with Gasteiger partial charge in [-0.1, -0.05) is 27.2 Å². The molecule has 0 heterocycles. The van der Waals surface area contributed by atoms with Gasteiger partial charge in [0.1, 0.15) is 24.0 Å². The molecule has 28 heteroatoms. The zero-order chi connectivity index (χ0) is 73.8. The van der Waals surface area contributed by atoms with Gasteiger partial charge < -0.3 is 79.8 Å². The summed E-state index contributed by atoms with van der Waals surface area (Å²) in [6.07, 6.45) is 14.3. The number of aliphatic hydroxyl groups excluding tert-OH is 1. The van der Waals surface area contributed by atoms with Crippen molar-refractivity contribution in [2.45, 2.75) is 187 Å². The van der Waals surface area contributed by atoms with Crippen LogP contribution >= 0.6 is 0 Å². The van der Waals surface area contributed by atoms with Crippen molar-refractivity contribution in [3.63, 3.8) is 0 Å². The molecule has 1 fully saturated rings. The molecule has 28 nitrogen and oxygen atoms in total. The summed E-state index contributed by atoms with van der Waals surface area (Å²) >= 11 is 0. The number of likely N-dealkylation sites (N-methyl/N-ethyl adjacent to an activating group) is 1. The normalized spacial score (nSPS) is 11.9. The van der Waals surface area contributed by atoms with Gasteiger partial charge in [0, 0.05) is 134 Å². The van der Waals surface area contributed by atoms with Crippen LogP contribution in [0, 0.1) is 11.8 Å². The van der Waals surface area contributed by atoms with Crippen molar-refractivity contribution in [3.8, 4) is 0 Å². The second-order valence-corrected chi connectivity index (χ2v) is 19.7. The SMILES string of the molecule is CC(=O)NCC1CCCC(CNC(C)=O)C1.CC(=O)NCCCNC(C)=O.CC(C)=O.CCC(O)COC.CCCC(=O)OC.CCCOC.CNC(=O)/C=C/C(C)=O.CNC(=O)CCC(C)=O.COC(=O)/C=C/C(C)=O.COC(=O)CCC(C)=O.COCC(C)=O. The van der Waals surface area contributed by atoms with Gasteiger partial charge in [0.2, 0.25) is 35.4 Å². The van der Waals surface area contributed by atoms with Crippen LogP contribution in [0.15, 0.2) is 24.3 Å². The zero-order valence-electron chi connectivity index (χ0n) is 59.7. The van der Waals surface area contributed by atoms with Crippen LogP contribution in [0.3, 0.4) is 0 Å². The standard InChI is InChI=1S/C12H22N2O2.C7H14N2O2.C6H11NO2.C6H9NO2.C6H10O3.C6H8O3.C5H12O2.C5H10O2.C4H8O2.C4H10O.C3H6O/c1-9(15)13-7-11-4-3-5-12(6-11)8-14-10(2)16;1-6(10)8-4-3-5-9-7(2)11;2*1-5(8)3-4-6(9)7-2;2*1-5(7)3-4-6(8)9-2;1-3-5(6)4-7-2;1-3-4-5(6)7-2;1-4(5)3-6-2;1-3-4-5-2;1-3(2)4/h11-12H,3-8H2,1-2H3,(H,13,15)(H,14,16);3-5H2,1-2H3,(H,8,10)(H,9,11);3-4H2,1-2H3,(H,7,9);3-4H,1-2H3,(H,7,9);3-4H2,1-2H3;3-4H,1-2H3;5-6H,3-4H2,1-2H3;3-4H2,1-2H3;3H2,1-2H3;3-4H2,1-2H3;1-2H3/b;;;4-3+;;4-3+;;;;;. The molecule has 3 atom stereocenters. The maximum absolute atomic E-state index is 10.8. The first kappa shape index (κ1) is 106. The molecule has 0 radical (unpaired) electrons. The highest BCUT2D eigenvalue weighted by Gasteiger charge is 2.22. The number of methoxy groups -OCH3 is 6. The molecule has 0 aliphatic heterocycles. The van der Waals surface area contributed by atoms with Crippen LogP contribution in [0.25, 0.3) is 0 Å². The fourth-order valence-corrected chi connectivity index (χ4v) is 5.31. The van der Waals surface area contributed by atoms with E-state index in [2.05, 4.69) is 62.5 Å². The molecule has 1 aliphatic rings. The number of rotatable bonds is 27. The van der Waals surface area contributed by atoms with E-state index in [1.165, 1.54) is 129 Å². The van der Waals surface area contributed by atoms with Crippen LogP contribution in [-0.4, -0.2) is 202 Å². The minimum absolute atomic E-state index is 0.0143. The molecule has 7 N–H and O–H groups in total. The number of carbonyl (C=O) groups excluding carboxylic acids is 15. The molecule has 1 saturated carbocycles. The highest BCUT2D eigenvalue weighted by atomic mass is 16.5. The Bertz CT molecular complexity index is 1940. The lowest BCUT2D eigenvalue weighted by atomic mass is 9.81. The number of esters is 3. The maximum atomic E-state index is 10.8. The maximum Gasteiger partial charge on any atom is 0.330 e. The number of hydrogen-bond donors (Lipinski definition) is 7. The first-order valence-corrected chi connectivity index (χ1v) is 30.0. The summed E-state index contributed by atoms with van der Waals surface area (Å²) in [6.45, 7) is 26.6. The summed E-state index contributed by atoms with van der Waals surface area (Å²) in [6, 6.07) is 0. The summed E-state index contributed by atoms with van der Waals surface area (Å²) in [5, 5.41) is 24.5. The molecule has 0 aromatic rings. The fraction of sp³-hybridized carbons (Fsp3) is 0.703. The first-order valence-electron chi connectivity index (χ1n) is 30.0. The number of nitrogens with one attached hydrogen (secondary N) is 6. The summed E-state index contributed by atoms with van der Waals surface area (Å²) in [4.78, 5) is 154. The smallest absolute Gasteiger partial charge is 0.330 e. The molecule has 0 aromatic heterocycles. The van der Waals surface area contributed by atoms with E-state index in [0.717, 1.165) is 64.0 Å². The molecule has 538 valence electrons. The Hall–Kier alpha value is -7.43. The van der Waals surface area contributed by atoms with Gasteiger partial charge in [-0.15, -0.1) is 0 Å². The number of aliphatic hydroxyl groups is 1. The van der Waals surface area contributed by atoms with Crippen molar-refractivity contribution in [2.24, 2.45) is 11.8 Å². The highest BCUT2D eigenvalue weighted by Crippen LogP contribution is 2.28. The van der Waals surface area contributed by atoms with E-state index >= 15 is 0 Å². The minimum atomic E-state index is -0.509. The molecular weight excluding hydrogens is 1200 g/mol. The monoisotopic (exact) mass is 1320 g/mol. The van der Waals surface area contributed by atoms with Crippen LogP contribution < -0.4 is 31.9 Å². The number of amides is 6. The topological polar surface area (TPSA) is 404 Å². The Morgan fingerprint density at radius 3 is 1.14 bits per heavy atom. The quantitative estimate of drug-likeness (QED) is 0.0252. The predicted molar refractivity (Wildman–Crippen MR) is 353 cm³/mol. The lowest BCUT2D eigenvalue weighted by Crippen LogP contribution is -2.34. The number of Topliss-reactive ketones (excluding diaryl/α,β-unsaturated/α-hetero) is 4. The van der Waals surface area contributed by atoms with E-state index in [4.69, 9.17) is 9.84 Å². The van der Waals surface area contributed by atoms with Crippen LogP contribution in [-0.2, 0) is 100 Å². The fourth-order valence-electron chi connectivity index (χ4n) is 5.31. The van der Waals surface area contributed by atoms with Gasteiger partial charge in [-0.05, 0) is 117 Å². The van der Waals surface area contributed by atoms with Gasteiger partial charge >= 0.3 is 17.9 Å². The van der Waals surface area contributed by atoms with Crippen LogP contribution in [0.4, 0.5) is 0 Å². The minimum Gasteiger partial charge on any atom is -0.469 e. The Balaban J connectivity index is -0.000000102. The molecule has 1 aliphatic carbocycles. The Kier molecular flexibility index (Phi) is 96.5. The Morgan fingerprint density at radius 1 is 0.478 bits per heavy atom. The molecule has 3 unspecified atom stereocenters. The number of hydrogen-bond acceptors (Lipinski definition) is 22. The van der Waals surface area contributed by atoms with Gasteiger partial charge in [0.05, 0.1) is 40.5 Å². The van der Waals surface area contributed by atoms with Crippen LogP contribution in [0.1, 0.15) is 180 Å². The molecular formula is C64H120N6O22. The largest absolute Gasteiger partial charge is 0.469 e. The van der Waals surface area contributed by atoms with Crippen LogP contribution in [0.5, 0.6) is 0 Å². The van der Waals surface area contributed by atoms with E-state index in [1.54, 1.807) is 35.1 Å². The van der Waals surface area contributed by atoms with Crippen molar-refractivity contribution in [3.05, 3.63) is 24.3 Å². The molecule has 92 heavy (non-hydrogen) atoms. The molecule has 6 amide bonds. The lowest BCUT2D eigenvalue weighted by Gasteiger charge is -2.29. The summed E-state index contributed by atoms with van der Waals surface area (Å²) in [5.74, 6) is -0.106. The zero-order valence-corrected chi connectivity index (χ0v) is 59.7. The molecule has 0 bridgehead atoms. The summed E-state index contributed by atoms with van der Waals surface area (Å²) in [5.41, 5.74) is 0. The number of carbonyl (C=O) groups is 15. The molecule has 1 rings (SSSR count). The average Bonchev–Trinajstić information content (AvgIpc) is 2.82. The third kappa shape index (κ3) is 136. The second-order valence-electron chi connectivity index (χ2n) is 19.7. The van der Waals surface area contributed by atoms with Crippen molar-refractivity contribution >= 4 is 88.1 Å². The van der Waals surface area contributed by atoms with E-state index in [1.807, 2.05) is 13.8 Å². The van der Waals surface area contributed by atoms with Gasteiger partial charge in [0.15, 0.2) is 17.3 Å².